The molecular formula is C18H26N2O4. The average molecular weight is 334 g/mol. The van der Waals surface area contributed by atoms with E-state index in [4.69, 9.17) is 19.9 Å². The Morgan fingerprint density at radius 3 is 2.79 bits per heavy atom. The Balaban J connectivity index is 1.39. The average Bonchev–Trinajstić information content (AvgIpc) is 3.07. The summed E-state index contributed by atoms with van der Waals surface area (Å²) in [5.74, 6) is 2.20. The fourth-order valence-corrected chi connectivity index (χ4v) is 3.48. The van der Waals surface area contributed by atoms with Gasteiger partial charge in [0.15, 0.2) is 11.5 Å². The second-order valence-corrected chi connectivity index (χ2v) is 6.66. The van der Waals surface area contributed by atoms with E-state index in [-0.39, 0.29) is 18.1 Å². The minimum Gasteiger partial charge on any atom is -0.492 e. The predicted octanol–water partition coefficient (Wildman–Crippen LogP) is 2.21. The van der Waals surface area contributed by atoms with Crippen molar-refractivity contribution in [1.82, 2.24) is 5.32 Å². The van der Waals surface area contributed by atoms with E-state index in [1.807, 2.05) is 12.1 Å². The Bertz CT molecular complexity index is 570. The molecular weight excluding hydrogens is 308 g/mol. The van der Waals surface area contributed by atoms with Gasteiger partial charge in [-0.15, -0.1) is 0 Å². The highest BCUT2D eigenvalue weighted by molar-refractivity contribution is 5.76. The summed E-state index contributed by atoms with van der Waals surface area (Å²) in [5, 5.41) is 2.94. The van der Waals surface area contributed by atoms with Gasteiger partial charge in [-0.25, -0.2) is 0 Å². The van der Waals surface area contributed by atoms with Crippen LogP contribution >= 0.6 is 0 Å². The summed E-state index contributed by atoms with van der Waals surface area (Å²) >= 11 is 0. The number of hydrogen-bond acceptors (Lipinski definition) is 5. The number of fused-ring (bicyclic) bond motifs is 1. The van der Waals surface area contributed by atoms with Crippen LogP contribution in [0.3, 0.4) is 0 Å². The molecule has 1 aromatic rings. The molecule has 0 radical (unpaired) electrons. The second kappa shape index (κ2) is 7.75. The number of rotatable bonds is 7. The van der Waals surface area contributed by atoms with Gasteiger partial charge in [-0.1, -0.05) is 19.3 Å². The van der Waals surface area contributed by atoms with E-state index in [0.29, 0.717) is 37.6 Å². The lowest BCUT2D eigenvalue weighted by Crippen LogP contribution is -2.39. The zero-order chi connectivity index (χ0) is 16.8. The van der Waals surface area contributed by atoms with E-state index in [0.717, 1.165) is 18.6 Å². The number of hydrogen-bond donors (Lipinski definition) is 2. The van der Waals surface area contributed by atoms with Crippen molar-refractivity contribution >= 4 is 5.91 Å². The molecule has 1 aromatic carbocycles. The summed E-state index contributed by atoms with van der Waals surface area (Å²) in [7, 11) is 0. The first-order valence-electron chi connectivity index (χ1n) is 8.70. The molecule has 1 aliphatic carbocycles. The maximum atomic E-state index is 12.2. The first kappa shape index (κ1) is 16.9. The molecule has 0 saturated heterocycles. The molecule has 1 heterocycles. The minimum atomic E-state index is 0.000510. The third-order valence-corrected chi connectivity index (χ3v) is 4.92. The molecule has 0 aromatic heterocycles. The highest BCUT2D eigenvalue weighted by Crippen LogP contribution is 2.38. The molecule has 1 saturated carbocycles. The van der Waals surface area contributed by atoms with Crippen LogP contribution in [-0.2, 0) is 4.79 Å². The third kappa shape index (κ3) is 4.12. The van der Waals surface area contributed by atoms with Crippen molar-refractivity contribution in [3.8, 4) is 17.2 Å². The molecule has 6 heteroatoms. The van der Waals surface area contributed by atoms with Crippen LogP contribution in [0.25, 0.3) is 0 Å². The van der Waals surface area contributed by atoms with Gasteiger partial charge >= 0.3 is 0 Å². The summed E-state index contributed by atoms with van der Waals surface area (Å²) in [5.41, 5.74) is 5.94. The first-order chi connectivity index (χ1) is 11.7. The standard InChI is InChI=1S/C18H26N2O4/c19-12-18(6-2-1-3-7-18)11-17(21)20-8-9-22-14-4-5-15-16(10-14)24-13-23-15/h4-5,10H,1-3,6-9,11-13,19H2,(H,20,21). The quantitative estimate of drug-likeness (QED) is 0.747. The monoisotopic (exact) mass is 334 g/mol. The van der Waals surface area contributed by atoms with E-state index in [1.54, 1.807) is 6.07 Å². The van der Waals surface area contributed by atoms with Crippen LogP contribution in [0, 0.1) is 5.41 Å². The van der Waals surface area contributed by atoms with Crippen molar-refractivity contribution in [2.45, 2.75) is 38.5 Å². The molecule has 0 unspecified atom stereocenters. The normalized spacial score (nSPS) is 18.2. The van der Waals surface area contributed by atoms with E-state index in [1.165, 1.54) is 19.3 Å². The van der Waals surface area contributed by atoms with Gasteiger partial charge in [0, 0.05) is 12.5 Å². The molecule has 1 amide bonds. The Morgan fingerprint density at radius 2 is 2.00 bits per heavy atom. The molecule has 3 rings (SSSR count). The van der Waals surface area contributed by atoms with E-state index >= 15 is 0 Å². The molecule has 0 bridgehead atoms. The van der Waals surface area contributed by atoms with E-state index < -0.39 is 0 Å². The van der Waals surface area contributed by atoms with Gasteiger partial charge in [0.1, 0.15) is 12.4 Å². The molecule has 2 aliphatic rings. The number of nitrogens with one attached hydrogen (secondary N) is 1. The van der Waals surface area contributed by atoms with Crippen molar-refractivity contribution in [2.75, 3.05) is 26.5 Å². The third-order valence-electron chi connectivity index (χ3n) is 4.92. The maximum absolute atomic E-state index is 12.2. The van der Waals surface area contributed by atoms with Gasteiger partial charge < -0.3 is 25.3 Å². The van der Waals surface area contributed by atoms with Crippen LogP contribution in [-0.4, -0.2) is 32.4 Å². The predicted molar refractivity (Wildman–Crippen MR) is 90.3 cm³/mol. The van der Waals surface area contributed by atoms with Gasteiger partial charge in [-0.2, -0.15) is 0 Å². The molecule has 1 fully saturated rings. The molecule has 3 N–H and O–H groups in total. The van der Waals surface area contributed by atoms with Crippen molar-refractivity contribution in [3.63, 3.8) is 0 Å². The van der Waals surface area contributed by atoms with Crippen molar-refractivity contribution in [1.29, 1.82) is 0 Å². The largest absolute Gasteiger partial charge is 0.492 e. The van der Waals surface area contributed by atoms with Crippen LogP contribution in [0.4, 0.5) is 0 Å². The summed E-state index contributed by atoms with van der Waals surface area (Å²) in [6.45, 7) is 1.74. The molecule has 0 atom stereocenters. The summed E-state index contributed by atoms with van der Waals surface area (Å²) in [4.78, 5) is 12.2. The van der Waals surface area contributed by atoms with Crippen LogP contribution in [0.15, 0.2) is 18.2 Å². The summed E-state index contributed by atoms with van der Waals surface area (Å²) < 4.78 is 16.2. The Kier molecular flexibility index (Phi) is 5.45. The number of nitrogens with two attached hydrogens (primary N) is 1. The first-order valence-corrected chi connectivity index (χ1v) is 8.70. The van der Waals surface area contributed by atoms with Gasteiger partial charge in [0.2, 0.25) is 12.7 Å². The zero-order valence-corrected chi connectivity index (χ0v) is 14.0. The number of carbonyl (C=O) groups is 1. The maximum Gasteiger partial charge on any atom is 0.231 e. The lowest BCUT2D eigenvalue weighted by atomic mass is 9.72. The second-order valence-electron chi connectivity index (χ2n) is 6.66. The smallest absolute Gasteiger partial charge is 0.231 e. The van der Waals surface area contributed by atoms with Crippen LogP contribution in [0.2, 0.25) is 0 Å². The summed E-state index contributed by atoms with van der Waals surface area (Å²) in [6, 6.07) is 5.46. The van der Waals surface area contributed by atoms with Crippen molar-refractivity contribution < 1.29 is 19.0 Å². The number of carbonyl (C=O) groups excluding carboxylic acids is 1. The Hall–Kier alpha value is -1.95. The Labute approximate surface area is 142 Å². The molecule has 132 valence electrons. The summed E-state index contributed by atoms with van der Waals surface area (Å²) in [6.07, 6.45) is 6.25. The van der Waals surface area contributed by atoms with Crippen LogP contribution in [0.1, 0.15) is 38.5 Å². The molecule has 1 aliphatic heterocycles. The highest BCUT2D eigenvalue weighted by Gasteiger charge is 2.32. The number of benzene rings is 1. The van der Waals surface area contributed by atoms with Crippen LogP contribution < -0.4 is 25.3 Å². The number of ether oxygens (including phenoxy) is 3. The number of amides is 1. The highest BCUT2D eigenvalue weighted by atomic mass is 16.7. The minimum absolute atomic E-state index is 0.000510. The van der Waals surface area contributed by atoms with Gasteiger partial charge in [-0.05, 0) is 36.9 Å². The van der Waals surface area contributed by atoms with Crippen molar-refractivity contribution in [3.05, 3.63) is 18.2 Å². The van der Waals surface area contributed by atoms with E-state index in [2.05, 4.69) is 5.32 Å². The van der Waals surface area contributed by atoms with Gasteiger partial charge in [0.05, 0.1) is 6.54 Å². The molecule has 24 heavy (non-hydrogen) atoms. The van der Waals surface area contributed by atoms with Gasteiger partial charge in [0.25, 0.3) is 0 Å². The molecule has 6 nitrogen and oxygen atoms in total. The lowest BCUT2D eigenvalue weighted by molar-refractivity contribution is -0.124. The topological polar surface area (TPSA) is 82.8 Å². The van der Waals surface area contributed by atoms with E-state index in [9.17, 15) is 4.79 Å². The fraction of sp³-hybridized carbons (Fsp3) is 0.611. The lowest BCUT2D eigenvalue weighted by Gasteiger charge is -2.35. The van der Waals surface area contributed by atoms with Gasteiger partial charge in [-0.3, -0.25) is 4.79 Å². The van der Waals surface area contributed by atoms with Crippen molar-refractivity contribution in [2.24, 2.45) is 11.1 Å². The Morgan fingerprint density at radius 1 is 1.21 bits per heavy atom. The molecule has 0 spiro atoms. The fourth-order valence-electron chi connectivity index (χ4n) is 3.48. The van der Waals surface area contributed by atoms with Crippen LogP contribution in [0.5, 0.6) is 17.2 Å². The SMILES string of the molecule is NCC1(CC(=O)NCCOc2ccc3c(c2)OCO3)CCCCC1. The zero-order valence-electron chi connectivity index (χ0n) is 14.0.